The van der Waals surface area contributed by atoms with E-state index in [-0.39, 0.29) is 11.1 Å². The van der Waals surface area contributed by atoms with Gasteiger partial charge in [-0.25, -0.2) is 0 Å². The lowest BCUT2D eigenvalue weighted by Crippen LogP contribution is -2.13. The van der Waals surface area contributed by atoms with Crippen molar-refractivity contribution in [2.24, 2.45) is 0 Å². The fourth-order valence-electron chi connectivity index (χ4n) is 3.57. The number of pyridine rings is 1. The predicted octanol–water partition coefficient (Wildman–Crippen LogP) is 4.46. The van der Waals surface area contributed by atoms with E-state index >= 15 is 0 Å². The minimum absolute atomic E-state index is 0.160. The van der Waals surface area contributed by atoms with Crippen molar-refractivity contribution in [2.75, 3.05) is 0 Å². The van der Waals surface area contributed by atoms with Gasteiger partial charge in [0.25, 0.3) is 5.56 Å². The summed E-state index contributed by atoms with van der Waals surface area (Å²) in [4.78, 5) is 15.3. The van der Waals surface area contributed by atoms with Crippen molar-refractivity contribution in [1.29, 1.82) is 5.26 Å². The third kappa shape index (κ3) is 2.88. The zero-order valence-electron chi connectivity index (χ0n) is 13.9. The van der Waals surface area contributed by atoms with Crippen molar-refractivity contribution in [3.63, 3.8) is 0 Å². The van der Waals surface area contributed by atoms with Crippen molar-refractivity contribution in [1.82, 2.24) is 4.98 Å². The van der Waals surface area contributed by atoms with Crippen LogP contribution in [-0.4, -0.2) is 4.98 Å². The second-order valence-electron chi connectivity index (χ2n) is 6.47. The average molecular weight is 326 g/mol. The van der Waals surface area contributed by atoms with E-state index in [1.54, 1.807) is 0 Å². The lowest BCUT2D eigenvalue weighted by atomic mass is 9.89. The summed E-state index contributed by atoms with van der Waals surface area (Å²) in [7, 11) is 0. The molecular formula is C22H18N2O. The molecule has 25 heavy (non-hydrogen) atoms. The summed E-state index contributed by atoms with van der Waals surface area (Å²) < 4.78 is 0. The van der Waals surface area contributed by atoms with E-state index in [1.807, 2.05) is 42.5 Å². The van der Waals surface area contributed by atoms with Gasteiger partial charge >= 0.3 is 0 Å². The van der Waals surface area contributed by atoms with Gasteiger partial charge < -0.3 is 4.98 Å². The van der Waals surface area contributed by atoms with E-state index in [0.29, 0.717) is 5.56 Å². The fraction of sp³-hybridized carbons (Fsp3) is 0.182. The first-order valence-corrected chi connectivity index (χ1v) is 8.61. The molecule has 0 fully saturated rings. The largest absolute Gasteiger partial charge is 0.321 e. The van der Waals surface area contributed by atoms with E-state index < -0.39 is 0 Å². The molecule has 4 rings (SSSR count). The number of aromatic nitrogens is 1. The molecule has 1 aliphatic carbocycles. The van der Waals surface area contributed by atoms with E-state index in [0.717, 1.165) is 29.7 Å². The average Bonchev–Trinajstić information content (AvgIpc) is 2.67. The van der Waals surface area contributed by atoms with Crippen LogP contribution in [0.4, 0.5) is 0 Å². The van der Waals surface area contributed by atoms with E-state index in [1.165, 1.54) is 24.0 Å². The Morgan fingerprint density at radius 3 is 2.40 bits per heavy atom. The molecule has 1 heterocycles. The number of aromatic amines is 1. The van der Waals surface area contributed by atoms with Crippen LogP contribution in [0.5, 0.6) is 0 Å². The quantitative estimate of drug-likeness (QED) is 0.756. The second-order valence-corrected chi connectivity index (χ2v) is 6.47. The normalized spacial score (nSPS) is 13.1. The SMILES string of the molecule is N#Cc1c(-c2ccccc2)cc(-c2ccc3c(c2)CCCC3)[nH]c1=O. The molecule has 3 aromatic rings. The number of nitrogens with zero attached hydrogens (tertiary/aromatic N) is 1. The minimum atomic E-state index is -0.337. The molecule has 0 unspecified atom stereocenters. The maximum Gasteiger partial charge on any atom is 0.266 e. The molecule has 122 valence electrons. The van der Waals surface area contributed by atoms with Gasteiger partial charge in [0, 0.05) is 11.3 Å². The van der Waals surface area contributed by atoms with Gasteiger partial charge in [-0.2, -0.15) is 5.26 Å². The highest BCUT2D eigenvalue weighted by Crippen LogP contribution is 2.29. The number of nitriles is 1. The van der Waals surface area contributed by atoms with Gasteiger partial charge in [0.05, 0.1) is 0 Å². The summed E-state index contributed by atoms with van der Waals surface area (Å²) in [5, 5.41) is 9.41. The third-order valence-electron chi connectivity index (χ3n) is 4.89. The molecule has 0 radical (unpaired) electrons. The van der Waals surface area contributed by atoms with Crippen molar-refractivity contribution >= 4 is 0 Å². The van der Waals surface area contributed by atoms with Crippen molar-refractivity contribution in [3.8, 4) is 28.5 Å². The Morgan fingerprint density at radius 1 is 0.880 bits per heavy atom. The number of nitrogens with one attached hydrogen (secondary N) is 1. The number of aryl methyl sites for hydroxylation is 2. The van der Waals surface area contributed by atoms with Crippen LogP contribution in [0.25, 0.3) is 22.4 Å². The Balaban J connectivity index is 1.88. The predicted molar refractivity (Wildman–Crippen MR) is 99.3 cm³/mol. The number of hydrogen-bond donors (Lipinski definition) is 1. The third-order valence-corrected chi connectivity index (χ3v) is 4.89. The van der Waals surface area contributed by atoms with Gasteiger partial charge in [-0.15, -0.1) is 0 Å². The Hall–Kier alpha value is -3.12. The second kappa shape index (κ2) is 6.41. The topological polar surface area (TPSA) is 56.6 Å². The highest BCUT2D eigenvalue weighted by atomic mass is 16.1. The molecular weight excluding hydrogens is 308 g/mol. The Bertz CT molecular complexity index is 1030. The van der Waals surface area contributed by atoms with Crippen LogP contribution in [0, 0.1) is 11.3 Å². The van der Waals surface area contributed by atoms with Gasteiger partial charge in [-0.3, -0.25) is 4.79 Å². The lowest BCUT2D eigenvalue weighted by Gasteiger charge is -2.17. The first kappa shape index (κ1) is 15.4. The maximum atomic E-state index is 12.4. The standard InChI is InChI=1S/C22H18N2O/c23-14-20-19(16-7-2-1-3-8-16)13-21(24-22(20)25)18-11-10-15-6-4-5-9-17(15)12-18/h1-3,7-8,10-13H,4-6,9H2,(H,24,25). The molecule has 0 aliphatic heterocycles. The number of rotatable bonds is 2. The zero-order chi connectivity index (χ0) is 17.2. The first-order valence-electron chi connectivity index (χ1n) is 8.61. The molecule has 0 saturated heterocycles. The van der Waals surface area contributed by atoms with E-state index in [4.69, 9.17) is 0 Å². The Morgan fingerprint density at radius 2 is 1.64 bits per heavy atom. The van der Waals surface area contributed by atoms with Gasteiger partial charge in [-0.1, -0.05) is 42.5 Å². The molecule has 3 heteroatoms. The van der Waals surface area contributed by atoms with Crippen LogP contribution in [0.15, 0.2) is 59.4 Å². The maximum absolute atomic E-state index is 12.4. The first-order chi connectivity index (χ1) is 12.3. The molecule has 1 N–H and O–H groups in total. The van der Waals surface area contributed by atoms with Crippen molar-refractivity contribution < 1.29 is 0 Å². The highest BCUT2D eigenvalue weighted by molar-refractivity contribution is 5.75. The van der Waals surface area contributed by atoms with Crippen molar-refractivity contribution in [3.05, 3.63) is 81.6 Å². The van der Waals surface area contributed by atoms with Gasteiger partial charge in [0.1, 0.15) is 11.6 Å². The summed E-state index contributed by atoms with van der Waals surface area (Å²) in [5.41, 5.74) is 5.92. The number of fused-ring (bicyclic) bond motifs is 1. The van der Waals surface area contributed by atoms with Crippen LogP contribution in [-0.2, 0) is 12.8 Å². The molecule has 0 amide bonds. The summed E-state index contributed by atoms with van der Waals surface area (Å²) in [5.74, 6) is 0. The molecule has 0 bridgehead atoms. The van der Waals surface area contributed by atoms with Crippen molar-refractivity contribution in [2.45, 2.75) is 25.7 Å². The molecule has 0 spiro atoms. The summed E-state index contributed by atoms with van der Waals surface area (Å²) in [6.07, 6.45) is 4.69. The molecule has 0 saturated carbocycles. The van der Waals surface area contributed by atoms with Crippen LogP contribution < -0.4 is 5.56 Å². The van der Waals surface area contributed by atoms with Crippen LogP contribution >= 0.6 is 0 Å². The minimum Gasteiger partial charge on any atom is -0.321 e. The molecule has 1 aliphatic rings. The fourth-order valence-corrected chi connectivity index (χ4v) is 3.57. The number of benzene rings is 2. The molecule has 2 aromatic carbocycles. The van der Waals surface area contributed by atoms with Gasteiger partial charge in [-0.05, 0) is 60.1 Å². The molecule has 1 aromatic heterocycles. The van der Waals surface area contributed by atoms with Gasteiger partial charge in [0.15, 0.2) is 0 Å². The summed E-state index contributed by atoms with van der Waals surface area (Å²) >= 11 is 0. The summed E-state index contributed by atoms with van der Waals surface area (Å²) in [6, 6.07) is 20.0. The van der Waals surface area contributed by atoms with Gasteiger partial charge in [0.2, 0.25) is 0 Å². The molecule has 3 nitrogen and oxygen atoms in total. The Kier molecular flexibility index (Phi) is 3.95. The van der Waals surface area contributed by atoms with Crippen LogP contribution in [0.1, 0.15) is 29.5 Å². The zero-order valence-corrected chi connectivity index (χ0v) is 13.9. The number of hydrogen-bond acceptors (Lipinski definition) is 2. The van der Waals surface area contributed by atoms with E-state index in [9.17, 15) is 10.1 Å². The monoisotopic (exact) mass is 326 g/mol. The highest BCUT2D eigenvalue weighted by Gasteiger charge is 2.14. The Labute approximate surface area is 146 Å². The summed E-state index contributed by atoms with van der Waals surface area (Å²) in [6.45, 7) is 0. The number of H-pyrrole nitrogens is 1. The lowest BCUT2D eigenvalue weighted by molar-refractivity contribution is 0.686. The smallest absolute Gasteiger partial charge is 0.266 e. The molecule has 0 atom stereocenters. The van der Waals surface area contributed by atoms with Crippen LogP contribution in [0.2, 0.25) is 0 Å². The van der Waals surface area contributed by atoms with E-state index in [2.05, 4.69) is 23.2 Å². The van der Waals surface area contributed by atoms with Crippen LogP contribution in [0.3, 0.4) is 0 Å².